The van der Waals surface area contributed by atoms with E-state index in [0.29, 0.717) is 11.7 Å². The number of para-hydroxylation sites is 1. The van der Waals surface area contributed by atoms with Crippen LogP contribution in [0.5, 0.6) is 5.75 Å². The maximum Gasteiger partial charge on any atom is 0.315 e. The zero-order valence-corrected chi connectivity index (χ0v) is 18.3. The highest BCUT2D eigenvalue weighted by Gasteiger charge is 2.19. The third kappa shape index (κ3) is 3.51. The molecule has 0 unspecified atom stereocenters. The fourth-order valence-electron chi connectivity index (χ4n) is 4.01. The van der Waals surface area contributed by atoms with Crippen molar-refractivity contribution >= 4 is 27.9 Å². The van der Waals surface area contributed by atoms with Crippen molar-refractivity contribution in [1.29, 1.82) is 0 Å². The molecule has 0 atom stereocenters. The highest BCUT2D eigenvalue weighted by molar-refractivity contribution is 6.05. The number of carbonyl (C=O) groups is 1. The number of aromatic nitrogens is 4. The molecule has 0 aliphatic heterocycles. The van der Waals surface area contributed by atoms with Crippen LogP contribution in [0, 0.1) is 27.7 Å². The third-order valence-corrected chi connectivity index (χ3v) is 5.50. The van der Waals surface area contributed by atoms with Crippen LogP contribution in [0.4, 0.5) is 0 Å². The lowest BCUT2D eigenvalue weighted by Gasteiger charge is -2.07. The Morgan fingerprint density at radius 1 is 0.938 bits per heavy atom. The van der Waals surface area contributed by atoms with Gasteiger partial charge >= 0.3 is 5.97 Å². The number of benzene rings is 2. The van der Waals surface area contributed by atoms with E-state index in [1.165, 1.54) is 0 Å². The van der Waals surface area contributed by atoms with Gasteiger partial charge in [-0.1, -0.05) is 18.2 Å². The number of aryl methyl sites for hydroxylation is 3. The van der Waals surface area contributed by atoms with Crippen LogP contribution in [0.2, 0.25) is 0 Å². The molecule has 0 saturated heterocycles. The average Bonchev–Trinajstić information content (AvgIpc) is 3.25. The van der Waals surface area contributed by atoms with Crippen LogP contribution in [0.3, 0.4) is 0 Å². The molecule has 0 saturated carbocycles. The van der Waals surface area contributed by atoms with Gasteiger partial charge in [-0.2, -0.15) is 5.10 Å². The van der Waals surface area contributed by atoms with Crippen LogP contribution in [0.25, 0.3) is 27.9 Å². The molecule has 3 heterocycles. The minimum Gasteiger partial charge on any atom is -0.456 e. The number of carbonyl (C=O) groups excluding carboxylic acids is 1. The molecule has 5 rings (SSSR count). The van der Waals surface area contributed by atoms with E-state index in [1.807, 2.05) is 70.2 Å². The summed E-state index contributed by atoms with van der Waals surface area (Å²) in [5.41, 5.74) is 5.67. The maximum atomic E-state index is 12.8. The average molecular weight is 426 g/mol. The summed E-state index contributed by atoms with van der Waals surface area (Å²) in [5, 5.41) is 6.47. The molecular formula is C25H22N4O3. The lowest BCUT2D eigenvalue weighted by atomic mass is 10.1. The lowest BCUT2D eigenvalue weighted by Crippen LogP contribution is -2.13. The second-order valence-electron chi connectivity index (χ2n) is 7.92. The van der Waals surface area contributed by atoms with Gasteiger partial charge in [-0.25, -0.2) is 14.6 Å². The molecule has 3 aromatic heterocycles. The number of fused-ring (bicyclic) bond motifs is 3. The first-order valence-electron chi connectivity index (χ1n) is 10.4. The lowest BCUT2D eigenvalue weighted by molar-refractivity contribution is -0.133. The van der Waals surface area contributed by atoms with Gasteiger partial charge in [0.25, 0.3) is 5.95 Å². The van der Waals surface area contributed by atoms with Gasteiger partial charge in [0, 0.05) is 33.4 Å². The fraction of sp³-hybridized carbons (Fsp3) is 0.200. The summed E-state index contributed by atoms with van der Waals surface area (Å²) in [7, 11) is 0. The predicted molar refractivity (Wildman–Crippen MR) is 121 cm³/mol. The van der Waals surface area contributed by atoms with Crippen molar-refractivity contribution in [2.45, 2.75) is 34.1 Å². The summed E-state index contributed by atoms with van der Waals surface area (Å²) in [6, 6.07) is 15.1. The molecule has 0 N–H and O–H groups in total. The van der Waals surface area contributed by atoms with Crippen molar-refractivity contribution in [3.8, 4) is 11.7 Å². The summed E-state index contributed by atoms with van der Waals surface area (Å²) in [6.07, 6.45) is 0.104. The van der Waals surface area contributed by atoms with E-state index in [4.69, 9.17) is 9.15 Å². The van der Waals surface area contributed by atoms with E-state index in [1.54, 1.807) is 10.7 Å². The number of esters is 1. The monoisotopic (exact) mass is 426 g/mol. The molecule has 160 valence electrons. The summed E-state index contributed by atoms with van der Waals surface area (Å²) >= 11 is 0. The SMILES string of the molecule is Cc1cc(C)nc(-n2nc(C)c(CC(=O)Oc3ccc4oc5ccccc5c4c3)c2C)n1. The van der Waals surface area contributed by atoms with Crippen molar-refractivity contribution < 1.29 is 13.9 Å². The fourth-order valence-corrected chi connectivity index (χ4v) is 4.01. The Labute approximate surface area is 184 Å². The molecule has 7 nitrogen and oxygen atoms in total. The predicted octanol–water partition coefficient (Wildman–Crippen LogP) is 4.94. The topological polar surface area (TPSA) is 83.0 Å². The number of hydrogen-bond donors (Lipinski definition) is 0. The molecule has 0 aliphatic carbocycles. The van der Waals surface area contributed by atoms with Crippen LogP contribution >= 0.6 is 0 Å². The summed E-state index contributed by atoms with van der Waals surface area (Å²) in [4.78, 5) is 21.7. The quantitative estimate of drug-likeness (QED) is 0.299. The summed E-state index contributed by atoms with van der Waals surface area (Å²) in [6.45, 7) is 7.62. The van der Waals surface area contributed by atoms with E-state index in [0.717, 1.165) is 50.3 Å². The summed E-state index contributed by atoms with van der Waals surface area (Å²) in [5.74, 6) is 0.624. The first-order chi connectivity index (χ1) is 15.4. The Morgan fingerprint density at radius 2 is 1.66 bits per heavy atom. The van der Waals surface area contributed by atoms with Gasteiger partial charge in [0.15, 0.2) is 0 Å². The van der Waals surface area contributed by atoms with Crippen LogP contribution in [-0.4, -0.2) is 25.7 Å². The van der Waals surface area contributed by atoms with Crippen LogP contribution in [0.1, 0.15) is 28.3 Å². The molecule has 7 heteroatoms. The molecular weight excluding hydrogens is 404 g/mol. The van der Waals surface area contributed by atoms with E-state index in [9.17, 15) is 4.79 Å². The smallest absolute Gasteiger partial charge is 0.315 e. The van der Waals surface area contributed by atoms with Gasteiger partial charge in [0.1, 0.15) is 16.9 Å². The Balaban J connectivity index is 1.41. The largest absolute Gasteiger partial charge is 0.456 e. The molecule has 0 fully saturated rings. The first kappa shape index (κ1) is 19.9. The first-order valence-corrected chi connectivity index (χ1v) is 10.4. The minimum absolute atomic E-state index is 0.104. The third-order valence-electron chi connectivity index (χ3n) is 5.50. The molecule has 0 aliphatic rings. The number of furan rings is 1. The van der Waals surface area contributed by atoms with Gasteiger partial charge in [-0.05, 0) is 58.0 Å². The number of rotatable bonds is 4. The Hall–Kier alpha value is -4.00. The molecule has 32 heavy (non-hydrogen) atoms. The second-order valence-corrected chi connectivity index (χ2v) is 7.92. The Bertz CT molecular complexity index is 1480. The van der Waals surface area contributed by atoms with E-state index in [-0.39, 0.29) is 12.4 Å². The van der Waals surface area contributed by atoms with Crippen molar-refractivity contribution in [2.24, 2.45) is 0 Å². The van der Waals surface area contributed by atoms with Crippen molar-refractivity contribution in [3.05, 3.63) is 76.9 Å². The van der Waals surface area contributed by atoms with E-state index in [2.05, 4.69) is 15.1 Å². The molecule has 2 aromatic carbocycles. The van der Waals surface area contributed by atoms with Gasteiger partial charge in [-0.15, -0.1) is 0 Å². The van der Waals surface area contributed by atoms with E-state index < -0.39 is 0 Å². The van der Waals surface area contributed by atoms with Crippen LogP contribution in [0.15, 0.2) is 52.9 Å². The van der Waals surface area contributed by atoms with Crippen molar-refractivity contribution in [3.63, 3.8) is 0 Å². The second kappa shape index (κ2) is 7.60. The Kier molecular flexibility index (Phi) is 4.74. The van der Waals surface area contributed by atoms with Gasteiger partial charge in [0.2, 0.25) is 0 Å². The van der Waals surface area contributed by atoms with Gasteiger partial charge in [0.05, 0.1) is 12.1 Å². The normalized spacial score (nSPS) is 11.4. The van der Waals surface area contributed by atoms with Gasteiger partial charge < -0.3 is 9.15 Å². The number of ether oxygens (including phenoxy) is 1. The maximum absolute atomic E-state index is 12.8. The minimum atomic E-state index is -0.357. The summed E-state index contributed by atoms with van der Waals surface area (Å²) < 4.78 is 13.2. The molecule has 0 bridgehead atoms. The van der Waals surface area contributed by atoms with Crippen LogP contribution in [-0.2, 0) is 11.2 Å². The number of nitrogens with zero attached hydrogens (tertiary/aromatic N) is 4. The van der Waals surface area contributed by atoms with Crippen LogP contribution < -0.4 is 4.74 Å². The zero-order valence-electron chi connectivity index (χ0n) is 18.3. The molecule has 0 radical (unpaired) electrons. The van der Waals surface area contributed by atoms with Crippen molar-refractivity contribution in [2.75, 3.05) is 0 Å². The molecule has 0 amide bonds. The van der Waals surface area contributed by atoms with Gasteiger partial charge in [-0.3, -0.25) is 4.79 Å². The van der Waals surface area contributed by atoms with Crippen molar-refractivity contribution in [1.82, 2.24) is 19.7 Å². The van der Waals surface area contributed by atoms with E-state index >= 15 is 0 Å². The Morgan fingerprint density at radius 3 is 2.44 bits per heavy atom. The molecule has 5 aromatic rings. The molecule has 0 spiro atoms. The highest BCUT2D eigenvalue weighted by atomic mass is 16.5. The highest BCUT2D eigenvalue weighted by Crippen LogP contribution is 2.31. The standard InChI is InChI=1S/C25H22N4O3/c1-14-11-15(2)27-25(26-14)29-17(4)20(16(3)28-29)13-24(30)31-18-9-10-23-21(12-18)19-7-5-6-8-22(19)32-23/h5-12H,13H2,1-4H3. The zero-order chi connectivity index (χ0) is 22.4. The number of hydrogen-bond acceptors (Lipinski definition) is 6.